The first kappa shape index (κ1) is 18.0. The van der Waals surface area contributed by atoms with Gasteiger partial charge in [-0.25, -0.2) is 4.98 Å². The average molecular weight is 425 g/mol. The number of nitrogens with zero attached hydrogens (tertiary/aromatic N) is 2. The van der Waals surface area contributed by atoms with E-state index in [4.69, 9.17) is 4.74 Å². The molecule has 1 heterocycles. The highest BCUT2D eigenvalue weighted by atomic mass is 79.9. The molecule has 5 heteroatoms. The van der Waals surface area contributed by atoms with Crippen molar-refractivity contribution in [3.05, 3.63) is 70.5 Å². The van der Waals surface area contributed by atoms with Gasteiger partial charge >= 0.3 is 0 Å². The molecule has 3 aromatic carbocycles. The maximum absolute atomic E-state index is 10.4. The van der Waals surface area contributed by atoms with Crippen LogP contribution >= 0.6 is 15.9 Å². The normalized spacial score (nSPS) is 12.6. The molecule has 0 amide bonds. The molecule has 138 valence electrons. The number of fused-ring (bicyclic) bond motifs is 2. The highest BCUT2D eigenvalue weighted by Crippen LogP contribution is 2.24. The molecule has 1 atom stereocenters. The summed E-state index contributed by atoms with van der Waals surface area (Å²) >= 11 is 3.48. The molecule has 0 aliphatic heterocycles. The first-order chi connectivity index (χ1) is 13.0. The number of hydrogen-bond acceptors (Lipinski definition) is 3. The van der Waals surface area contributed by atoms with Gasteiger partial charge in [0.2, 0.25) is 0 Å². The molecule has 0 bridgehead atoms. The topological polar surface area (TPSA) is 47.3 Å². The standard InChI is InChI=1S/C22H21BrN2O2/c1-14-7-21-22(8-15(14)2)25(13-24-21)11-19(26)12-27-20-6-4-16-9-18(23)5-3-17(16)10-20/h3-10,13,19,26H,11-12H2,1-2H3/t19-/m0/s1. The van der Waals surface area contributed by atoms with Crippen LogP contribution in [0.1, 0.15) is 11.1 Å². The molecule has 0 radical (unpaired) electrons. The number of aliphatic hydroxyl groups is 1. The van der Waals surface area contributed by atoms with Gasteiger partial charge in [0.15, 0.2) is 0 Å². The van der Waals surface area contributed by atoms with Gasteiger partial charge in [-0.2, -0.15) is 0 Å². The smallest absolute Gasteiger partial charge is 0.120 e. The predicted octanol–water partition coefficient (Wildman–Crippen LogP) is 5.01. The molecule has 0 aliphatic rings. The summed E-state index contributed by atoms with van der Waals surface area (Å²) in [5.74, 6) is 0.755. The Kier molecular flexibility index (Phi) is 4.89. The van der Waals surface area contributed by atoms with Crippen molar-refractivity contribution in [3.63, 3.8) is 0 Å². The van der Waals surface area contributed by atoms with E-state index in [-0.39, 0.29) is 6.61 Å². The minimum atomic E-state index is -0.621. The van der Waals surface area contributed by atoms with Crippen LogP contribution in [0.25, 0.3) is 21.8 Å². The van der Waals surface area contributed by atoms with Crippen LogP contribution in [0.3, 0.4) is 0 Å². The molecule has 0 saturated carbocycles. The van der Waals surface area contributed by atoms with Gasteiger partial charge in [0.1, 0.15) is 18.5 Å². The van der Waals surface area contributed by atoms with Gasteiger partial charge in [-0.05, 0) is 72.1 Å². The molecule has 4 nitrogen and oxygen atoms in total. The summed E-state index contributed by atoms with van der Waals surface area (Å²) in [5.41, 5.74) is 4.43. The van der Waals surface area contributed by atoms with Crippen LogP contribution in [0, 0.1) is 13.8 Å². The zero-order valence-corrected chi connectivity index (χ0v) is 16.9. The van der Waals surface area contributed by atoms with Crippen molar-refractivity contribution in [1.29, 1.82) is 0 Å². The number of rotatable bonds is 5. The Balaban J connectivity index is 1.45. The van der Waals surface area contributed by atoms with Crippen LogP contribution in [0.5, 0.6) is 5.75 Å². The van der Waals surface area contributed by atoms with Gasteiger partial charge < -0.3 is 14.4 Å². The Morgan fingerprint density at radius 1 is 1.04 bits per heavy atom. The molecule has 0 unspecified atom stereocenters. The summed E-state index contributed by atoms with van der Waals surface area (Å²) in [6, 6.07) is 16.3. The number of halogens is 1. The van der Waals surface area contributed by atoms with Crippen molar-refractivity contribution in [2.45, 2.75) is 26.5 Å². The number of hydrogen-bond donors (Lipinski definition) is 1. The van der Waals surface area contributed by atoms with E-state index in [1.807, 2.05) is 34.9 Å². The Labute approximate surface area is 166 Å². The van der Waals surface area contributed by atoms with Gasteiger partial charge in [0.05, 0.1) is 23.9 Å². The molecule has 0 aliphatic carbocycles. The third-order valence-electron chi connectivity index (χ3n) is 4.86. The predicted molar refractivity (Wildman–Crippen MR) is 112 cm³/mol. The first-order valence-corrected chi connectivity index (χ1v) is 9.71. The minimum absolute atomic E-state index is 0.229. The number of ether oxygens (including phenoxy) is 1. The van der Waals surface area contributed by atoms with Crippen molar-refractivity contribution < 1.29 is 9.84 Å². The van der Waals surface area contributed by atoms with Gasteiger partial charge in [0.25, 0.3) is 0 Å². The van der Waals surface area contributed by atoms with E-state index in [9.17, 15) is 5.11 Å². The second kappa shape index (κ2) is 7.33. The molecule has 0 saturated heterocycles. The van der Waals surface area contributed by atoms with Crippen LogP contribution in [0.2, 0.25) is 0 Å². The highest BCUT2D eigenvalue weighted by molar-refractivity contribution is 9.10. The Hall–Kier alpha value is -2.37. The Bertz CT molecular complexity index is 1120. The molecule has 27 heavy (non-hydrogen) atoms. The van der Waals surface area contributed by atoms with Crippen molar-refractivity contribution in [3.8, 4) is 5.75 Å². The van der Waals surface area contributed by atoms with Crippen LogP contribution < -0.4 is 4.74 Å². The molecule has 4 rings (SSSR count). The van der Waals surface area contributed by atoms with Gasteiger partial charge in [-0.15, -0.1) is 0 Å². The average Bonchev–Trinajstić information content (AvgIpc) is 3.02. The molecule has 4 aromatic rings. The molecule has 0 fully saturated rings. The maximum atomic E-state index is 10.4. The van der Waals surface area contributed by atoms with Crippen LogP contribution in [-0.2, 0) is 6.54 Å². The number of aliphatic hydroxyl groups excluding tert-OH is 1. The highest BCUT2D eigenvalue weighted by Gasteiger charge is 2.11. The largest absolute Gasteiger partial charge is 0.491 e. The third kappa shape index (κ3) is 3.84. The van der Waals surface area contributed by atoms with Crippen LogP contribution in [-0.4, -0.2) is 27.4 Å². The van der Waals surface area contributed by atoms with Crippen molar-refractivity contribution >= 4 is 37.7 Å². The van der Waals surface area contributed by atoms with E-state index < -0.39 is 6.10 Å². The number of imidazole rings is 1. The fraction of sp³-hybridized carbons (Fsp3) is 0.227. The van der Waals surface area contributed by atoms with E-state index in [0.717, 1.165) is 32.0 Å². The monoisotopic (exact) mass is 424 g/mol. The minimum Gasteiger partial charge on any atom is -0.491 e. The molecule has 0 spiro atoms. The molecule has 1 aromatic heterocycles. The lowest BCUT2D eigenvalue weighted by atomic mass is 10.1. The molecule has 1 N–H and O–H groups in total. The van der Waals surface area contributed by atoms with E-state index >= 15 is 0 Å². The van der Waals surface area contributed by atoms with Crippen molar-refractivity contribution in [2.75, 3.05) is 6.61 Å². The SMILES string of the molecule is Cc1cc2ncn(C[C@H](O)COc3ccc4cc(Br)ccc4c3)c2cc1C. The fourth-order valence-electron chi connectivity index (χ4n) is 3.22. The fourth-order valence-corrected chi connectivity index (χ4v) is 3.59. The summed E-state index contributed by atoms with van der Waals surface area (Å²) in [6.45, 7) is 4.84. The Morgan fingerprint density at radius 2 is 1.78 bits per heavy atom. The quantitative estimate of drug-likeness (QED) is 0.489. The van der Waals surface area contributed by atoms with Gasteiger partial charge in [-0.1, -0.05) is 28.1 Å². The van der Waals surface area contributed by atoms with E-state index in [2.05, 4.69) is 53.0 Å². The number of benzene rings is 3. The summed E-state index contributed by atoms with van der Waals surface area (Å²) in [6.07, 6.45) is 1.16. The lowest BCUT2D eigenvalue weighted by Crippen LogP contribution is -2.23. The third-order valence-corrected chi connectivity index (χ3v) is 5.35. The Morgan fingerprint density at radius 3 is 2.63 bits per heavy atom. The van der Waals surface area contributed by atoms with Crippen LogP contribution in [0.15, 0.2) is 59.3 Å². The summed E-state index contributed by atoms with van der Waals surface area (Å²) in [5, 5.41) is 12.7. The van der Waals surface area contributed by atoms with E-state index in [0.29, 0.717) is 6.54 Å². The summed E-state index contributed by atoms with van der Waals surface area (Å²) in [4.78, 5) is 4.44. The zero-order valence-electron chi connectivity index (χ0n) is 15.3. The first-order valence-electron chi connectivity index (χ1n) is 8.92. The van der Waals surface area contributed by atoms with Gasteiger partial charge in [0, 0.05) is 4.47 Å². The summed E-state index contributed by atoms with van der Waals surface area (Å²) < 4.78 is 8.85. The van der Waals surface area contributed by atoms with Crippen molar-refractivity contribution in [2.24, 2.45) is 0 Å². The molecular formula is C22H21BrN2O2. The molecular weight excluding hydrogens is 404 g/mol. The maximum Gasteiger partial charge on any atom is 0.120 e. The van der Waals surface area contributed by atoms with E-state index in [1.54, 1.807) is 6.33 Å². The van der Waals surface area contributed by atoms with Crippen LogP contribution in [0.4, 0.5) is 0 Å². The number of aryl methyl sites for hydroxylation is 2. The zero-order chi connectivity index (χ0) is 19.0. The lowest BCUT2D eigenvalue weighted by Gasteiger charge is -2.14. The van der Waals surface area contributed by atoms with Crippen molar-refractivity contribution in [1.82, 2.24) is 9.55 Å². The second-order valence-electron chi connectivity index (χ2n) is 6.94. The second-order valence-corrected chi connectivity index (χ2v) is 7.86. The van der Waals surface area contributed by atoms with Gasteiger partial charge in [-0.3, -0.25) is 0 Å². The summed E-state index contributed by atoms with van der Waals surface area (Å²) in [7, 11) is 0. The number of aromatic nitrogens is 2. The lowest BCUT2D eigenvalue weighted by molar-refractivity contribution is 0.0935. The van der Waals surface area contributed by atoms with E-state index in [1.165, 1.54) is 11.1 Å².